The van der Waals surface area contributed by atoms with Crippen LogP contribution in [0.1, 0.15) is 11.1 Å². The van der Waals surface area contributed by atoms with Gasteiger partial charge in [0.2, 0.25) is 0 Å². The predicted octanol–water partition coefficient (Wildman–Crippen LogP) is 2.46. The average molecular weight is 339 g/mol. The summed E-state index contributed by atoms with van der Waals surface area (Å²) in [7, 11) is 0. The fourth-order valence-corrected chi connectivity index (χ4v) is 2.38. The first-order valence-corrected chi connectivity index (χ1v) is 7.22. The Morgan fingerprint density at radius 2 is 2.04 bits per heavy atom. The Morgan fingerprint density at radius 1 is 1.32 bits per heavy atom. The number of aromatic nitrogens is 2. The summed E-state index contributed by atoms with van der Waals surface area (Å²) in [5, 5.41) is 25.4. The number of nitro groups is 1. The number of benzene rings is 1. The van der Waals surface area contributed by atoms with Crippen LogP contribution < -0.4 is 10.9 Å². The quantitative estimate of drug-likeness (QED) is 0.326. The van der Waals surface area contributed by atoms with Gasteiger partial charge in [-0.2, -0.15) is 0 Å². The van der Waals surface area contributed by atoms with Crippen LogP contribution in [-0.2, 0) is 0 Å². The molecule has 0 fully saturated rings. The Labute approximate surface area is 141 Å². The maximum Gasteiger partial charge on any atom is 0.269 e. The summed E-state index contributed by atoms with van der Waals surface area (Å²) in [4.78, 5) is 27.3. The molecule has 9 nitrogen and oxygen atoms in total. The van der Waals surface area contributed by atoms with E-state index in [0.29, 0.717) is 11.3 Å². The number of hydrogen-bond donors (Lipinski definition) is 2. The van der Waals surface area contributed by atoms with Crippen LogP contribution in [0.2, 0.25) is 0 Å². The van der Waals surface area contributed by atoms with E-state index in [4.69, 9.17) is 5.21 Å². The molecular formula is C16H13N5O4. The molecule has 3 aromatic rings. The van der Waals surface area contributed by atoms with Gasteiger partial charge in [0, 0.05) is 24.0 Å². The van der Waals surface area contributed by atoms with Crippen molar-refractivity contribution >= 4 is 29.1 Å². The van der Waals surface area contributed by atoms with Crippen molar-refractivity contribution < 1.29 is 10.1 Å². The lowest BCUT2D eigenvalue weighted by molar-refractivity contribution is -0.384. The van der Waals surface area contributed by atoms with Crippen molar-refractivity contribution in [3.8, 4) is 0 Å². The van der Waals surface area contributed by atoms with Gasteiger partial charge in [-0.15, -0.1) is 0 Å². The Bertz CT molecular complexity index is 1040. The molecule has 0 atom stereocenters. The second-order valence-corrected chi connectivity index (χ2v) is 5.24. The fraction of sp³-hybridized carbons (Fsp3) is 0.0625. The summed E-state index contributed by atoms with van der Waals surface area (Å²) in [5.41, 5.74) is 1.35. The molecule has 0 radical (unpaired) electrons. The third-order valence-corrected chi connectivity index (χ3v) is 3.61. The van der Waals surface area contributed by atoms with Crippen molar-refractivity contribution in [2.24, 2.45) is 5.16 Å². The average Bonchev–Trinajstić information content (AvgIpc) is 2.60. The van der Waals surface area contributed by atoms with Crippen molar-refractivity contribution in [3.05, 3.63) is 74.2 Å². The third-order valence-electron chi connectivity index (χ3n) is 3.61. The highest BCUT2D eigenvalue weighted by Gasteiger charge is 2.13. The smallest absolute Gasteiger partial charge is 0.269 e. The molecule has 1 aromatic carbocycles. The number of pyridine rings is 1. The second-order valence-electron chi connectivity index (χ2n) is 5.24. The highest BCUT2D eigenvalue weighted by Crippen LogP contribution is 2.20. The summed E-state index contributed by atoms with van der Waals surface area (Å²) < 4.78 is 1.35. The molecule has 126 valence electrons. The number of aryl methyl sites for hydroxylation is 1. The lowest BCUT2D eigenvalue weighted by atomic mass is 10.2. The maximum atomic E-state index is 12.6. The molecule has 0 bridgehead atoms. The molecule has 2 aromatic heterocycles. The summed E-state index contributed by atoms with van der Waals surface area (Å²) in [6, 6.07) is 9.20. The Hall–Kier alpha value is -3.75. The zero-order chi connectivity index (χ0) is 18.0. The van der Waals surface area contributed by atoms with E-state index in [2.05, 4.69) is 15.5 Å². The van der Waals surface area contributed by atoms with Crippen LogP contribution in [0.15, 0.2) is 52.5 Å². The molecule has 0 unspecified atom stereocenters. The number of nitro benzene ring substituents is 1. The van der Waals surface area contributed by atoms with Crippen molar-refractivity contribution in [2.75, 3.05) is 5.32 Å². The zero-order valence-corrected chi connectivity index (χ0v) is 13.1. The van der Waals surface area contributed by atoms with E-state index in [-0.39, 0.29) is 17.1 Å². The molecule has 0 aliphatic heterocycles. The van der Waals surface area contributed by atoms with Crippen LogP contribution in [0.25, 0.3) is 5.65 Å². The maximum absolute atomic E-state index is 12.6. The number of fused-ring (bicyclic) bond motifs is 1. The topological polar surface area (TPSA) is 122 Å². The zero-order valence-electron chi connectivity index (χ0n) is 13.1. The predicted molar refractivity (Wildman–Crippen MR) is 92.0 cm³/mol. The summed E-state index contributed by atoms with van der Waals surface area (Å²) in [6.45, 7) is 1.82. The van der Waals surface area contributed by atoms with Gasteiger partial charge in [0.1, 0.15) is 17.0 Å². The molecule has 0 aliphatic rings. The highest BCUT2D eigenvalue weighted by molar-refractivity contribution is 5.87. The Kier molecular flexibility index (Phi) is 4.12. The van der Waals surface area contributed by atoms with E-state index in [1.807, 2.05) is 13.0 Å². The molecular weight excluding hydrogens is 326 g/mol. The van der Waals surface area contributed by atoms with Gasteiger partial charge >= 0.3 is 0 Å². The largest absolute Gasteiger partial charge is 0.411 e. The van der Waals surface area contributed by atoms with E-state index in [1.54, 1.807) is 12.3 Å². The molecule has 25 heavy (non-hydrogen) atoms. The minimum absolute atomic E-state index is 0.0509. The van der Waals surface area contributed by atoms with Gasteiger partial charge in [-0.1, -0.05) is 11.2 Å². The SMILES string of the molecule is Cc1cccn2c(=O)c(C=NO)c(Nc3ccc([N+](=O)[O-])cc3)nc12. The second kappa shape index (κ2) is 6.40. The standard InChI is InChI=1S/C16H13N5O4/c1-10-3-2-8-20-15(10)19-14(13(9-17-23)16(20)22)18-11-4-6-12(7-5-11)21(24)25/h2-9,18,23H,1H3. The first kappa shape index (κ1) is 16.1. The number of rotatable bonds is 4. The van der Waals surface area contributed by atoms with E-state index in [0.717, 1.165) is 11.8 Å². The van der Waals surface area contributed by atoms with Gasteiger partial charge in [0.05, 0.1) is 11.1 Å². The minimum Gasteiger partial charge on any atom is -0.411 e. The lowest BCUT2D eigenvalue weighted by Gasteiger charge is -2.11. The number of hydrogen-bond acceptors (Lipinski definition) is 7. The van der Waals surface area contributed by atoms with E-state index >= 15 is 0 Å². The molecule has 0 saturated carbocycles. The van der Waals surface area contributed by atoms with Crippen molar-refractivity contribution in [3.63, 3.8) is 0 Å². The van der Waals surface area contributed by atoms with E-state index < -0.39 is 10.5 Å². The summed E-state index contributed by atoms with van der Waals surface area (Å²) in [6.07, 6.45) is 2.57. The van der Waals surface area contributed by atoms with Crippen molar-refractivity contribution in [2.45, 2.75) is 6.92 Å². The van der Waals surface area contributed by atoms with Gasteiger partial charge < -0.3 is 10.5 Å². The fourth-order valence-electron chi connectivity index (χ4n) is 2.38. The molecule has 0 aliphatic carbocycles. The first-order chi connectivity index (χ1) is 12.0. The molecule has 3 rings (SSSR count). The van der Waals surface area contributed by atoms with Crippen molar-refractivity contribution in [1.82, 2.24) is 9.38 Å². The van der Waals surface area contributed by atoms with Crippen LogP contribution in [0.4, 0.5) is 17.2 Å². The van der Waals surface area contributed by atoms with E-state index in [1.165, 1.54) is 28.7 Å². The monoisotopic (exact) mass is 339 g/mol. The molecule has 9 heteroatoms. The molecule has 0 spiro atoms. The van der Waals surface area contributed by atoms with Gasteiger partial charge in [0.15, 0.2) is 0 Å². The van der Waals surface area contributed by atoms with E-state index in [9.17, 15) is 14.9 Å². The van der Waals surface area contributed by atoms with Gasteiger partial charge in [-0.25, -0.2) is 4.98 Å². The first-order valence-electron chi connectivity index (χ1n) is 7.22. The number of non-ortho nitro benzene ring substituents is 1. The Balaban J connectivity index is 2.14. The minimum atomic E-state index is -0.502. The van der Waals surface area contributed by atoms with Gasteiger partial charge in [-0.3, -0.25) is 19.3 Å². The number of nitrogens with zero attached hydrogens (tertiary/aromatic N) is 4. The molecule has 2 heterocycles. The van der Waals surface area contributed by atoms with Crippen LogP contribution in [0, 0.1) is 17.0 Å². The van der Waals surface area contributed by atoms with Crippen LogP contribution in [0.5, 0.6) is 0 Å². The van der Waals surface area contributed by atoms with Crippen molar-refractivity contribution in [1.29, 1.82) is 0 Å². The Morgan fingerprint density at radius 3 is 2.68 bits per heavy atom. The third kappa shape index (κ3) is 3.02. The summed E-state index contributed by atoms with van der Waals surface area (Å²) >= 11 is 0. The van der Waals surface area contributed by atoms with Crippen LogP contribution >= 0.6 is 0 Å². The normalized spacial score (nSPS) is 11.1. The van der Waals surface area contributed by atoms with Gasteiger partial charge in [-0.05, 0) is 30.7 Å². The molecule has 2 N–H and O–H groups in total. The molecule has 0 saturated heterocycles. The highest BCUT2D eigenvalue weighted by atomic mass is 16.6. The number of anilines is 2. The summed E-state index contributed by atoms with van der Waals surface area (Å²) in [5.74, 6) is 0.186. The lowest BCUT2D eigenvalue weighted by Crippen LogP contribution is -2.22. The van der Waals surface area contributed by atoms with Crippen LogP contribution in [-0.4, -0.2) is 25.7 Å². The number of nitrogens with one attached hydrogen (secondary N) is 1. The van der Waals surface area contributed by atoms with Crippen LogP contribution in [0.3, 0.4) is 0 Å². The number of oxime groups is 1. The molecule has 0 amide bonds. The van der Waals surface area contributed by atoms with Gasteiger partial charge in [0.25, 0.3) is 11.2 Å².